The van der Waals surface area contributed by atoms with E-state index in [2.05, 4.69) is 4.90 Å². The van der Waals surface area contributed by atoms with Gasteiger partial charge in [-0.25, -0.2) is 9.18 Å². The normalized spacial score (nSPS) is 14.5. The van der Waals surface area contributed by atoms with E-state index in [-0.39, 0.29) is 11.8 Å². The lowest BCUT2D eigenvalue weighted by atomic mass is 10.1. The van der Waals surface area contributed by atoms with Gasteiger partial charge in [0.2, 0.25) is 0 Å². The maximum absolute atomic E-state index is 13.9. The Kier molecular flexibility index (Phi) is 5.07. The molecule has 6 heteroatoms. The Morgan fingerprint density at radius 3 is 2.32 bits per heavy atom. The summed E-state index contributed by atoms with van der Waals surface area (Å²) >= 11 is 0. The van der Waals surface area contributed by atoms with Crippen LogP contribution >= 0.6 is 0 Å². The summed E-state index contributed by atoms with van der Waals surface area (Å²) in [5, 5.41) is 0. The molecule has 0 unspecified atom stereocenters. The molecule has 1 aliphatic rings. The van der Waals surface area contributed by atoms with Crippen LogP contribution in [-0.4, -0.2) is 38.8 Å². The van der Waals surface area contributed by atoms with E-state index in [1.807, 2.05) is 17.0 Å². The molecule has 132 valence electrons. The summed E-state index contributed by atoms with van der Waals surface area (Å²) in [5.41, 5.74) is 8.65. The Morgan fingerprint density at radius 2 is 1.72 bits per heavy atom. The zero-order valence-corrected chi connectivity index (χ0v) is 14.2. The second-order valence-electron chi connectivity index (χ2n) is 5.92. The number of carbonyl (C=O) groups is 1. The highest BCUT2D eigenvalue weighted by molar-refractivity contribution is 5.92. The van der Waals surface area contributed by atoms with E-state index in [0.717, 1.165) is 18.8 Å². The lowest BCUT2D eigenvalue weighted by Crippen LogP contribution is -2.47. The Morgan fingerprint density at radius 1 is 1.08 bits per heavy atom. The third-order valence-electron chi connectivity index (χ3n) is 4.35. The van der Waals surface area contributed by atoms with Gasteiger partial charge >= 0.3 is 5.97 Å². The number of anilines is 3. The largest absolute Gasteiger partial charge is 0.462 e. The molecule has 0 atom stereocenters. The third kappa shape index (κ3) is 3.68. The number of piperazine rings is 1. The lowest BCUT2D eigenvalue weighted by molar-refractivity contribution is 0.0526. The fourth-order valence-corrected chi connectivity index (χ4v) is 3.08. The summed E-state index contributed by atoms with van der Waals surface area (Å²) in [6.07, 6.45) is 0. The minimum Gasteiger partial charge on any atom is -0.462 e. The summed E-state index contributed by atoms with van der Waals surface area (Å²) in [4.78, 5) is 16.0. The SMILES string of the molecule is CCOC(=O)c1ccc(N2CCN(c3ccccc3F)CC2)c(N)c1. The molecule has 0 spiro atoms. The first kappa shape index (κ1) is 17.1. The quantitative estimate of drug-likeness (QED) is 0.683. The average Bonchev–Trinajstić information content (AvgIpc) is 2.62. The third-order valence-corrected chi connectivity index (χ3v) is 4.35. The van der Waals surface area contributed by atoms with Crippen LogP contribution in [0.25, 0.3) is 0 Å². The highest BCUT2D eigenvalue weighted by Gasteiger charge is 2.21. The van der Waals surface area contributed by atoms with Crippen molar-refractivity contribution >= 4 is 23.0 Å². The van der Waals surface area contributed by atoms with E-state index in [0.29, 0.717) is 36.6 Å². The van der Waals surface area contributed by atoms with Crippen LogP contribution in [0.4, 0.5) is 21.5 Å². The molecule has 5 nitrogen and oxygen atoms in total. The van der Waals surface area contributed by atoms with Gasteiger partial charge in [0.15, 0.2) is 0 Å². The van der Waals surface area contributed by atoms with Crippen LogP contribution < -0.4 is 15.5 Å². The predicted molar refractivity (Wildman–Crippen MR) is 97.6 cm³/mol. The molecule has 0 aromatic heterocycles. The molecule has 25 heavy (non-hydrogen) atoms. The standard InChI is InChI=1S/C19H22FN3O2/c1-2-25-19(24)14-7-8-18(16(21)13-14)23-11-9-22(10-12-23)17-6-4-3-5-15(17)20/h3-8,13H,2,9-12,21H2,1H3. The highest BCUT2D eigenvalue weighted by Crippen LogP contribution is 2.27. The number of para-hydroxylation sites is 1. The van der Waals surface area contributed by atoms with Crippen LogP contribution in [0.1, 0.15) is 17.3 Å². The summed E-state index contributed by atoms with van der Waals surface area (Å²) in [7, 11) is 0. The maximum Gasteiger partial charge on any atom is 0.338 e. The number of nitrogen functional groups attached to an aromatic ring is 1. The molecule has 0 bridgehead atoms. The number of benzene rings is 2. The molecule has 2 aromatic rings. The summed E-state index contributed by atoms with van der Waals surface area (Å²) in [6.45, 7) is 4.98. The number of ether oxygens (including phenoxy) is 1. The maximum atomic E-state index is 13.9. The number of halogens is 1. The van der Waals surface area contributed by atoms with E-state index in [9.17, 15) is 9.18 Å². The number of nitrogens with two attached hydrogens (primary N) is 1. The molecule has 0 radical (unpaired) electrons. The number of hydrogen-bond acceptors (Lipinski definition) is 5. The number of hydrogen-bond donors (Lipinski definition) is 1. The van der Waals surface area contributed by atoms with Crippen LogP contribution in [0, 0.1) is 5.82 Å². The van der Waals surface area contributed by atoms with Gasteiger partial charge in [0.05, 0.1) is 29.2 Å². The van der Waals surface area contributed by atoms with Crippen LogP contribution in [0.5, 0.6) is 0 Å². The molecular formula is C19H22FN3O2. The second kappa shape index (κ2) is 7.42. The first-order valence-electron chi connectivity index (χ1n) is 8.41. The predicted octanol–water partition coefficient (Wildman–Crippen LogP) is 2.91. The molecule has 1 saturated heterocycles. The van der Waals surface area contributed by atoms with Crippen molar-refractivity contribution in [2.24, 2.45) is 0 Å². The van der Waals surface area contributed by atoms with E-state index in [1.54, 1.807) is 31.2 Å². The Bertz CT molecular complexity index is 758. The van der Waals surface area contributed by atoms with Crippen LogP contribution in [0.3, 0.4) is 0 Å². The monoisotopic (exact) mass is 343 g/mol. The zero-order valence-electron chi connectivity index (χ0n) is 14.2. The number of rotatable bonds is 4. The van der Waals surface area contributed by atoms with Crippen LogP contribution in [-0.2, 0) is 4.74 Å². The molecule has 0 aliphatic carbocycles. The minimum absolute atomic E-state index is 0.200. The Balaban J connectivity index is 1.69. The van der Waals surface area contributed by atoms with Crippen molar-refractivity contribution in [3.8, 4) is 0 Å². The van der Waals surface area contributed by atoms with Crippen molar-refractivity contribution in [2.45, 2.75) is 6.92 Å². The first-order chi connectivity index (χ1) is 12.1. The smallest absolute Gasteiger partial charge is 0.338 e. The molecular weight excluding hydrogens is 321 g/mol. The summed E-state index contributed by atoms with van der Waals surface area (Å²) in [5.74, 6) is -0.570. The van der Waals surface area contributed by atoms with Gasteiger partial charge in [0.1, 0.15) is 5.82 Å². The fraction of sp³-hybridized carbons (Fsp3) is 0.316. The van der Waals surface area contributed by atoms with Gasteiger partial charge in [-0.05, 0) is 37.3 Å². The molecule has 0 saturated carbocycles. The lowest BCUT2D eigenvalue weighted by Gasteiger charge is -2.38. The van der Waals surface area contributed by atoms with Crippen LogP contribution in [0.2, 0.25) is 0 Å². The van der Waals surface area contributed by atoms with Crippen molar-refractivity contribution in [1.82, 2.24) is 0 Å². The second-order valence-corrected chi connectivity index (χ2v) is 5.92. The van der Waals surface area contributed by atoms with E-state index >= 15 is 0 Å². The van der Waals surface area contributed by atoms with Crippen molar-refractivity contribution in [3.63, 3.8) is 0 Å². The van der Waals surface area contributed by atoms with Crippen LogP contribution in [0.15, 0.2) is 42.5 Å². The summed E-state index contributed by atoms with van der Waals surface area (Å²) < 4.78 is 18.9. The molecule has 3 rings (SSSR count). The van der Waals surface area contributed by atoms with Gasteiger partial charge in [-0.15, -0.1) is 0 Å². The van der Waals surface area contributed by atoms with Gasteiger partial charge in [-0.2, -0.15) is 0 Å². The summed E-state index contributed by atoms with van der Waals surface area (Å²) in [6, 6.07) is 12.0. The van der Waals surface area contributed by atoms with Crippen molar-refractivity contribution in [3.05, 3.63) is 53.8 Å². The number of esters is 1. The van der Waals surface area contributed by atoms with Crippen molar-refractivity contribution in [1.29, 1.82) is 0 Å². The number of carbonyl (C=O) groups excluding carboxylic acids is 1. The first-order valence-corrected chi connectivity index (χ1v) is 8.41. The molecule has 2 N–H and O–H groups in total. The average molecular weight is 343 g/mol. The van der Waals surface area contributed by atoms with Gasteiger partial charge in [-0.3, -0.25) is 0 Å². The number of nitrogens with zero attached hydrogens (tertiary/aromatic N) is 2. The molecule has 1 aliphatic heterocycles. The Labute approximate surface area is 146 Å². The van der Waals surface area contributed by atoms with E-state index < -0.39 is 0 Å². The molecule has 1 fully saturated rings. The molecule has 1 heterocycles. The molecule has 0 amide bonds. The Hall–Kier alpha value is -2.76. The zero-order chi connectivity index (χ0) is 17.8. The van der Waals surface area contributed by atoms with E-state index in [4.69, 9.17) is 10.5 Å². The highest BCUT2D eigenvalue weighted by atomic mass is 19.1. The van der Waals surface area contributed by atoms with Gasteiger partial charge in [0, 0.05) is 26.2 Å². The van der Waals surface area contributed by atoms with Gasteiger partial charge in [-0.1, -0.05) is 12.1 Å². The minimum atomic E-state index is -0.370. The molecule has 2 aromatic carbocycles. The van der Waals surface area contributed by atoms with Crippen molar-refractivity contribution < 1.29 is 13.9 Å². The van der Waals surface area contributed by atoms with Gasteiger partial charge in [0.25, 0.3) is 0 Å². The van der Waals surface area contributed by atoms with Gasteiger partial charge < -0.3 is 20.3 Å². The fourth-order valence-electron chi connectivity index (χ4n) is 3.08. The topological polar surface area (TPSA) is 58.8 Å². The van der Waals surface area contributed by atoms with E-state index in [1.165, 1.54) is 6.07 Å². The van der Waals surface area contributed by atoms with Crippen molar-refractivity contribution in [2.75, 3.05) is 48.3 Å².